The van der Waals surface area contributed by atoms with Crippen molar-refractivity contribution in [3.8, 4) is 23.0 Å². The highest BCUT2D eigenvalue weighted by Crippen LogP contribution is 2.77. The number of carbonyl (C=O) groups is 1. The lowest BCUT2D eigenvalue weighted by Crippen LogP contribution is -2.81. The second-order valence-electron chi connectivity index (χ2n) is 24.4. The first-order valence-electron chi connectivity index (χ1n) is 25.5. The van der Waals surface area contributed by atoms with E-state index >= 15 is 0 Å². The fourth-order valence-electron chi connectivity index (χ4n) is 17.5. The summed E-state index contributed by atoms with van der Waals surface area (Å²) in [5.41, 5.74) is 2.45. The smallest absolute Gasteiger partial charge is 0.166 e. The molecule has 2 aromatic carbocycles. The molecular weight excluding hydrogens is 829 g/mol. The van der Waals surface area contributed by atoms with E-state index in [0.29, 0.717) is 12.1 Å². The summed E-state index contributed by atoms with van der Waals surface area (Å²) in [6, 6.07) is 9.55. The molecule has 0 radical (unpaired) electrons. The molecule has 2 saturated heterocycles. The molecule has 10 aliphatic carbocycles. The Balaban J connectivity index is 0.000000133. The average molecular weight is 901 g/mol. The number of likely N-dealkylation sites (tertiary alicyclic amines) is 2. The Morgan fingerprint density at radius 3 is 1.61 bits per heavy atom. The largest absolute Gasteiger partial charge is 0.493 e. The van der Waals surface area contributed by atoms with E-state index in [1.165, 1.54) is 61.0 Å². The van der Waals surface area contributed by atoms with Gasteiger partial charge in [0.15, 0.2) is 23.0 Å². The zero-order valence-corrected chi connectivity index (χ0v) is 40.8. The number of fused-ring (bicyclic) bond motifs is 2. The summed E-state index contributed by atoms with van der Waals surface area (Å²) < 4.78 is 38.3. The molecule has 4 spiro atoms. The molecule has 16 rings (SSSR count). The van der Waals surface area contributed by atoms with Gasteiger partial charge in [-0.1, -0.05) is 57.2 Å². The number of hydrogen-bond acceptors (Lipinski definition) is 10. The maximum atomic E-state index is 13.0. The van der Waals surface area contributed by atoms with Gasteiger partial charge < -0.3 is 33.5 Å². The maximum Gasteiger partial charge on any atom is 0.166 e. The van der Waals surface area contributed by atoms with Crippen molar-refractivity contribution in [1.82, 2.24) is 9.80 Å². The van der Waals surface area contributed by atoms with Crippen LogP contribution in [0.5, 0.6) is 23.0 Å². The molecule has 0 aromatic heterocycles. The first-order chi connectivity index (χ1) is 31.6. The lowest BCUT2D eigenvalue weighted by molar-refractivity contribution is -0.263. The number of ether oxygens (including phenoxy) is 6. The molecule has 66 heavy (non-hydrogen) atoms. The van der Waals surface area contributed by atoms with E-state index in [2.05, 4.69) is 79.1 Å². The Bertz CT molecular complexity index is 2490. The van der Waals surface area contributed by atoms with E-state index in [0.717, 1.165) is 86.4 Å². The number of rotatable bonds is 10. The van der Waals surface area contributed by atoms with E-state index in [1.807, 2.05) is 14.0 Å². The molecule has 0 unspecified atom stereocenters. The van der Waals surface area contributed by atoms with Gasteiger partial charge in [-0.05, 0) is 132 Å². The molecular formula is C56H72N2O8. The molecule has 4 saturated carbocycles. The van der Waals surface area contributed by atoms with Gasteiger partial charge in [-0.25, -0.2) is 0 Å². The van der Waals surface area contributed by atoms with Gasteiger partial charge in [0.25, 0.3) is 0 Å². The molecule has 6 fully saturated rings. The molecule has 10 heteroatoms. The van der Waals surface area contributed by atoms with Gasteiger partial charge in [-0.15, -0.1) is 0 Å². The monoisotopic (exact) mass is 901 g/mol. The number of piperidine rings is 2. The van der Waals surface area contributed by atoms with Gasteiger partial charge in [0.1, 0.15) is 29.2 Å². The van der Waals surface area contributed by atoms with Crippen molar-refractivity contribution in [2.24, 2.45) is 39.9 Å². The Morgan fingerprint density at radius 1 is 0.697 bits per heavy atom. The minimum absolute atomic E-state index is 0.0756. The van der Waals surface area contributed by atoms with Crippen molar-refractivity contribution in [2.45, 2.75) is 151 Å². The fourth-order valence-corrected chi connectivity index (χ4v) is 17.5. The van der Waals surface area contributed by atoms with Crippen LogP contribution in [0.3, 0.4) is 0 Å². The van der Waals surface area contributed by atoms with Crippen LogP contribution in [0.1, 0.15) is 108 Å². The Kier molecular flexibility index (Phi) is 8.71. The van der Waals surface area contributed by atoms with Crippen molar-refractivity contribution in [3.63, 3.8) is 0 Å². The Hall–Kier alpha value is -3.41. The fraction of sp³-hybridized carbons (Fsp3) is 0.696. The van der Waals surface area contributed by atoms with Crippen LogP contribution in [-0.4, -0.2) is 116 Å². The summed E-state index contributed by atoms with van der Waals surface area (Å²) in [6.45, 7) is 14.8. The van der Waals surface area contributed by atoms with Gasteiger partial charge in [0.2, 0.25) is 0 Å². The standard InChI is InChI=1S/C30H41NO4.C26H31NO4/c1-26(2,3)27(4,32)21-16-28-11-12-30(21,34-6)25-29(28)13-14-31(17-18-7-8-18)22(28)15-19-9-10-20(33-5)24(35-25)23(19)29;1-15(28)18-13-24-8-9-26(18,30-3)23-25(24)10-11-27(14-16-4-5-16)20(24)12-17-6-7-19(29-2)22(31-23)21(17)25/h9-12,18,21-22,25,32H,7-8,13-17H2,1-6H3;6-9,16,18,20,23H,4-5,10-14H2,1-3H3/t21-,22-,25-,27+,28-,29+,30-;18-,20-,23-,24-,25+,26-/m11/s1. The predicted octanol–water partition coefficient (Wildman–Crippen LogP) is 7.78. The minimum atomic E-state index is -0.930. The normalized spacial score (nSPS) is 42.9. The molecule has 8 bridgehead atoms. The van der Waals surface area contributed by atoms with E-state index in [9.17, 15) is 9.90 Å². The quantitative estimate of drug-likeness (QED) is 0.238. The second kappa shape index (κ2) is 13.5. The number of Topliss-reactive ketones (excluding diaryl/α,β-unsaturated/α-hetero) is 1. The summed E-state index contributed by atoms with van der Waals surface area (Å²) in [6.07, 6.45) is 20.5. The zero-order chi connectivity index (χ0) is 45.8. The Morgan fingerprint density at radius 2 is 1.17 bits per heavy atom. The number of methoxy groups -OCH3 is 4. The lowest BCUT2D eigenvalue weighted by atomic mass is 9.35. The van der Waals surface area contributed by atoms with E-state index in [4.69, 9.17) is 28.4 Å². The number of ketones is 1. The van der Waals surface area contributed by atoms with Gasteiger partial charge in [0, 0.05) is 67.3 Å². The van der Waals surface area contributed by atoms with Gasteiger partial charge >= 0.3 is 0 Å². The second-order valence-corrected chi connectivity index (χ2v) is 24.4. The molecule has 0 amide bonds. The summed E-state index contributed by atoms with van der Waals surface area (Å²) in [4.78, 5) is 18.6. The van der Waals surface area contributed by atoms with E-state index in [-0.39, 0.29) is 56.9 Å². The number of carbonyl (C=O) groups excluding carboxylic acids is 1. The van der Waals surface area contributed by atoms with Crippen LogP contribution in [-0.2, 0) is 37.9 Å². The summed E-state index contributed by atoms with van der Waals surface area (Å²) in [7, 11) is 7.03. The van der Waals surface area contributed by atoms with Gasteiger partial charge in [-0.2, -0.15) is 0 Å². The highest BCUT2D eigenvalue weighted by molar-refractivity contribution is 5.82. The van der Waals surface area contributed by atoms with Gasteiger partial charge in [0.05, 0.1) is 36.6 Å². The maximum absolute atomic E-state index is 13.0. The molecule has 14 aliphatic rings. The molecule has 2 aromatic rings. The first-order valence-corrected chi connectivity index (χ1v) is 25.5. The number of aliphatic hydroxyl groups is 1. The topological polar surface area (TPSA) is 99.2 Å². The van der Waals surface area contributed by atoms with Crippen LogP contribution in [0.15, 0.2) is 48.6 Å². The van der Waals surface area contributed by atoms with Crippen LogP contribution in [0, 0.1) is 39.9 Å². The number of benzene rings is 2. The van der Waals surface area contributed by atoms with Crippen LogP contribution in [0.4, 0.5) is 0 Å². The summed E-state index contributed by atoms with van der Waals surface area (Å²) in [5.74, 6) is 5.13. The van der Waals surface area contributed by atoms with Crippen LogP contribution < -0.4 is 18.9 Å². The van der Waals surface area contributed by atoms with E-state index in [1.54, 1.807) is 28.3 Å². The SMILES string of the molecule is COc1ccc2c3c1O[C@H]1[C@@]4(OC)C=C[C@@]5(C[C@@H]4C(C)=O)[C@@H](C2)N(CC2CC2)CC[C@]315.COc1ccc2c3c1O[C@H]1[C@@]4(OC)C=C[C@@]5(C[C@@H]4[C@](C)(O)C(C)(C)C)[C@@H](C2)N(CC2CC2)CC[C@]315. The predicted molar refractivity (Wildman–Crippen MR) is 251 cm³/mol. The molecule has 4 aliphatic heterocycles. The highest BCUT2D eigenvalue weighted by Gasteiger charge is 2.82. The van der Waals surface area contributed by atoms with Crippen LogP contribution >= 0.6 is 0 Å². The van der Waals surface area contributed by atoms with Crippen LogP contribution in [0.25, 0.3) is 0 Å². The first kappa shape index (κ1) is 42.7. The third-order valence-electron chi connectivity index (χ3n) is 21.3. The zero-order valence-electron chi connectivity index (χ0n) is 40.8. The number of hydrogen-bond donors (Lipinski definition) is 1. The average Bonchev–Trinajstić information content (AvgIpc) is 4.24. The minimum Gasteiger partial charge on any atom is -0.493 e. The lowest BCUT2D eigenvalue weighted by Gasteiger charge is -2.73. The molecule has 13 atom stereocenters. The van der Waals surface area contributed by atoms with Crippen LogP contribution in [0.2, 0.25) is 0 Å². The van der Waals surface area contributed by atoms with Crippen molar-refractivity contribution in [3.05, 3.63) is 70.8 Å². The number of nitrogens with zero attached hydrogens (tertiary/aromatic N) is 2. The van der Waals surface area contributed by atoms with E-state index < -0.39 is 16.8 Å². The molecule has 4 heterocycles. The van der Waals surface area contributed by atoms with Crippen molar-refractivity contribution < 1.29 is 38.3 Å². The van der Waals surface area contributed by atoms with Crippen molar-refractivity contribution in [1.29, 1.82) is 0 Å². The molecule has 10 nitrogen and oxygen atoms in total. The van der Waals surface area contributed by atoms with Crippen molar-refractivity contribution in [2.75, 3.05) is 54.6 Å². The highest BCUT2D eigenvalue weighted by atomic mass is 16.6. The van der Waals surface area contributed by atoms with Gasteiger partial charge in [-0.3, -0.25) is 14.6 Å². The molecule has 1 N–H and O–H groups in total. The summed E-state index contributed by atoms with van der Waals surface area (Å²) >= 11 is 0. The van der Waals surface area contributed by atoms with Crippen molar-refractivity contribution >= 4 is 5.78 Å². The molecule has 354 valence electrons. The third-order valence-corrected chi connectivity index (χ3v) is 21.3. The third kappa shape index (κ3) is 4.81. The Labute approximate surface area is 391 Å². The summed E-state index contributed by atoms with van der Waals surface area (Å²) in [5, 5.41) is 12.2.